The first-order chi connectivity index (χ1) is 10.2. The van der Waals surface area contributed by atoms with Crippen molar-refractivity contribution in [2.24, 2.45) is 0 Å². The second-order valence-electron chi connectivity index (χ2n) is 5.57. The van der Waals surface area contributed by atoms with Crippen molar-refractivity contribution in [3.05, 3.63) is 58.7 Å². The zero-order valence-corrected chi connectivity index (χ0v) is 12.4. The zero-order chi connectivity index (χ0) is 14.8. The van der Waals surface area contributed by atoms with Gasteiger partial charge >= 0.3 is 0 Å². The SMILES string of the molecule is Cc1cc(CO)cc(C)c1OCC1COc2ccccc21. The second kappa shape index (κ2) is 5.78. The van der Waals surface area contributed by atoms with Crippen LogP contribution in [0.4, 0.5) is 0 Å². The van der Waals surface area contributed by atoms with Crippen LogP contribution in [0, 0.1) is 13.8 Å². The van der Waals surface area contributed by atoms with Gasteiger partial charge in [-0.25, -0.2) is 0 Å². The summed E-state index contributed by atoms with van der Waals surface area (Å²) in [5.74, 6) is 2.16. The van der Waals surface area contributed by atoms with Crippen molar-refractivity contribution in [3.8, 4) is 11.5 Å². The maximum Gasteiger partial charge on any atom is 0.125 e. The Labute approximate surface area is 125 Å². The molecular formula is C18H20O3. The van der Waals surface area contributed by atoms with Crippen molar-refractivity contribution in [3.63, 3.8) is 0 Å². The molecule has 0 saturated heterocycles. The van der Waals surface area contributed by atoms with Crippen LogP contribution >= 0.6 is 0 Å². The quantitative estimate of drug-likeness (QED) is 0.935. The molecule has 0 aromatic heterocycles. The van der Waals surface area contributed by atoms with Crippen molar-refractivity contribution < 1.29 is 14.6 Å². The Morgan fingerprint density at radius 3 is 2.62 bits per heavy atom. The van der Waals surface area contributed by atoms with Gasteiger partial charge in [0.25, 0.3) is 0 Å². The van der Waals surface area contributed by atoms with Crippen LogP contribution in [0.1, 0.15) is 28.2 Å². The summed E-state index contributed by atoms with van der Waals surface area (Å²) in [6.07, 6.45) is 0. The Morgan fingerprint density at radius 1 is 1.19 bits per heavy atom. The number of fused-ring (bicyclic) bond motifs is 1. The van der Waals surface area contributed by atoms with Gasteiger partial charge in [0.15, 0.2) is 0 Å². The average Bonchev–Trinajstić information content (AvgIpc) is 2.89. The van der Waals surface area contributed by atoms with Gasteiger partial charge in [0.2, 0.25) is 0 Å². The molecule has 1 heterocycles. The summed E-state index contributed by atoms with van der Waals surface area (Å²) in [7, 11) is 0. The summed E-state index contributed by atoms with van der Waals surface area (Å²) in [4.78, 5) is 0. The van der Waals surface area contributed by atoms with Gasteiger partial charge in [-0.15, -0.1) is 0 Å². The number of aliphatic hydroxyl groups excluding tert-OH is 1. The van der Waals surface area contributed by atoms with Gasteiger partial charge in [-0.3, -0.25) is 0 Å². The molecule has 0 bridgehead atoms. The Morgan fingerprint density at radius 2 is 1.90 bits per heavy atom. The van der Waals surface area contributed by atoms with Crippen LogP contribution in [-0.4, -0.2) is 18.3 Å². The van der Waals surface area contributed by atoms with Gasteiger partial charge in [0.1, 0.15) is 11.5 Å². The van der Waals surface area contributed by atoms with Crippen molar-refractivity contribution in [1.82, 2.24) is 0 Å². The van der Waals surface area contributed by atoms with Crippen LogP contribution < -0.4 is 9.47 Å². The van der Waals surface area contributed by atoms with Gasteiger partial charge in [-0.05, 0) is 36.6 Å². The third kappa shape index (κ3) is 2.74. The largest absolute Gasteiger partial charge is 0.493 e. The lowest BCUT2D eigenvalue weighted by Crippen LogP contribution is -2.13. The van der Waals surface area contributed by atoms with E-state index in [9.17, 15) is 5.11 Å². The van der Waals surface area contributed by atoms with Crippen molar-refractivity contribution in [1.29, 1.82) is 0 Å². The minimum atomic E-state index is 0.0613. The van der Waals surface area contributed by atoms with Crippen LogP contribution in [0.5, 0.6) is 11.5 Å². The lowest BCUT2D eigenvalue weighted by Gasteiger charge is -2.16. The first-order valence-corrected chi connectivity index (χ1v) is 7.24. The van der Waals surface area contributed by atoms with Crippen LogP contribution in [0.2, 0.25) is 0 Å². The van der Waals surface area contributed by atoms with E-state index in [0.717, 1.165) is 28.2 Å². The molecule has 3 nitrogen and oxygen atoms in total. The highest BCUT2D eigenvalue weighted by Gasteiger charge is 2.24. The molecule has 110 valence electrons. The van der Waals surface area contributed by atoms with Crippen LogP contribution in [0.25, 0.3) is 0 Å². The molecule has 1 aliphatic rings. The molecule has 21 heavy (non-hydrogen) atoms. The highest BCUT2D eigenvalue weighted by molar-refractivity contribution is 5.44. The summed E-state index contributed by atoms with van der Waals surface area (Å²) < 4.78 is 11.7. The van der Waals surface area contributed by atoms with Gasteiger partial charge in [-0.1, -0.05) is 30.3 Å². The minimum Gasteiger partial charge on any atom is -0.493 e. The number of aliphatic hydroxyl groups is 1. The topological polar surface area (TPSA) is 38.7 Å². The van der Waals surface area contributed by atoms with E-state index in [4.69, 9.17) is 9.47 Å². The lowest BCUT2D eigenvalue weighted by atomic mass is 10.0. The molecule has 0 fully saturated rings. The Balaban J connectivity index is 1.75. The third-order valence-electron chi connectivity index (χ3n) is 3.93. The van der Waals surface area contributed by atoms with E-state index in [0.29, 0.717) is 13.2 Å². The molecule has 1 atom stereocenters. The van der Waals surface area contributed by atoms with Gasteiger partial charge < -0.3 is 14.6 Å². The molecular weight excluding hydrogens is 264 g/mol. The number of benzene rings is 2. The molecule has 1 N–H and O–H groups in total. The van der Waals surface area contributed by atoms with E-state index in [1.54, 1.807) is 0 Å². The summed E-state index contributed by atoms with van der Waals surface area (Å²) in [5.41, 5.74) is 4.27. The number of ether oxygens (including phenoxy) is 2. The van der Waals surface area contributed by atoms with E-state index in [1.807, 2.05) is 44.2 Å². The van der Waals surface area contributed by atoms with E-state index < -0.39 is 0 Å². The maximum absolute atomic E-state index is 9.23. The fourth-order valence-electron chi connectivity index (χ4n) is 2.91. The molecule has 2 aromatic carbocycles. The van der Waals surface area contributed by atoms with Crippen LogP contribution in [0.15, 0.2) is 36.4 Å². The fourth-order valence-corrected chi connectivity index (χ4v) is 2.91. The number of rotatable bonds is 4. The Hall–Kier alpha value is -2.00. The first kappa shape index (κ1) is 14.0. The standard InChI is InChI=1S/C18H20O3/c1-12-7-14(9-19)8-13(2)18(12)21-11-15-10-20-17-6-4-3-5-16(15)17/h3-8,15,19H,9-11H2,1-2H3. The number of para-hydroxylation sites is 1. The predicted molar refractivity (Wildman–Crippen MR) is 82.0 cm³/mol. The van der Waals surface area contributed by atoms with Crippen molar-refractivity contribution in [2.75, 3.05) is 13.2 Å². The van der Waals surface area contributed by atoms with Crippen LogP contribution in [-0.2, 0) is 6.61 Å². The first-order valence-electron chi connectivity index (χ1n) is 7.24. The number of hydrogen-bond donors (Lipinski definition) is 1. The molecule has 0 radical (unpaired) electrons. The monoisotopic (exact) mass is 284 g/mol. The number of hydrogen-bond acceptors (Lipinski definition) is 3. The summed E-state index contributed by atoms with van der Waals surface area (Å²) in [5, 5.41) is 9.23. The molecule has 0 saturated carbocycles. The third-order valence-corrected chi connectivity index (χ3v) is 3.93. The second-order valence-corrected chi connectivity index (χ2v) is 5.57. The van der Waals surface area contributed by atoms with E-state index in [2.05, 4.69) is 6.07 Å². The smallest absolute Gasteiger partial charge is 0.125 e. The molecule has 0 spiro atoms. The molecule has 0 aliphatic carbocycles. The fraction of sp³-hybridized carbons (Fsp3) is 0.333. The number of aryl methyl sites for hydroxylation is 2. The van der Waals surface area contributed by atoms with Crippen molar-refractivity contribution in [2.45, 2.75) is 26.4 Å². The normalized spacial score (nSPS) is 16.4. The molecule has 2 aromatic rings. The lowest BCUT2D eigenvalue weighted by molar-refractivity contribution is 0.246. The summed E-state index contributed by atoms with van der Waals surface area (Å²) >= 11 is 0. The molecule has 1 aliphatic heterocycles. The molecule has 0 amide bonds. The highest BCUT2D eigenvalue weighted by Crippen LogP contribution is 2.34. The predicted octanol–water partition coefficient (Wildman–Crippen LogP) is 3.35. The summed E-state index contributed by atoms with van der Waals surface area (Å²) in [6.45, 7) is 5.37. The Bertz CT molecular complexity index is 626. The van der Waals surface area contributed by atoms with E-state index >= 15 is 0 Å². The summed E-state index contributed by atoms with van der Waals surface area (Å²) in [6, 6.07) is 12.1. The highest BCUT2D eigenvalue weighted by atomic mass is 16.5. The molecule has 1 unspecified atom stereocenters. The zero-order valence-electron chi connectivity index (χ0n) is 12.4. The average molecular weight is 284 g/mol. The Kier molecular flexibility index (Phi) is 3.84. The van der Waals surface area contributed by atoms with Gasteiger partial charge in [0, 0.05) is 5.56 Å². The van der Waals surface area contributed by atoms with Crippen molar-refractivity contribution >= 4 is 0 Å². The van der Waals surface area contributed by atoms with Gasteiger partial charge in [0.05, 0.1) is 25.7 Å². The van der Waals surface area contributed by atoms with Gasteiger partial charge in [-0.2, -0.15) is 0 Å². The molecule has 3 heteroatoms. The maximum atomic E-state index is 9.23. The van der Waals surface area contributed by atoms with Crippen LogP contribution in [0.3, 0.4) is 0 Å². The molecule has 3 rings (SSSR count). The minimum absolute atomic E-state index is 0.0613. The van der Waals surface area contributed by atoms with E-state index in [1.165, 1.54) is 5.56 Å². The van der Waals surface area contributed by atoms with E-state index in [-0.39, 0.29) is 12.5 Å².